The highest BCUT2D eigenvalue weighted by molar-refractivity contribution is 5.85. The highest BCUT2D eigenvalue weighted by Crippen LogP contribution is 2.23. The molecular weight excluding hydrogens is 322 g/mol. The van der Waals surface area contributed by atoms with Gasteiger partial charge in [0.15, 0.2) is 0 Å². The number of rotatable bonds is 4. The molecule has 0 fully saturated rings. The minimum Gasteiger partial charge on any atom is -0.489 e. The number of nitrogens with one attached hydrogen (secondary N) is 1. The lowest BCUT2D eigenvalue weighted by atomic mass is 10.1. The number of hydrogen-bond acceptors (Lipinski definition) is 2. The highest BCUT2D eigenvalue weighted by Gasteiger charge is 2.05. The molecule has 0 bridgehead atoms. The number of pyridine rings is 1. The van der Waals surface area contributed by atoms with Crippen LogP contribution in [0.5, 0.6) is 5.75 Å². The minimum absolute atomic E-state index is 0.0643. The molecule has 0 amide bonds. The van der Waals surface area contributed by atoms with Crippen LogP contribution in [0.2, 0.25) is 0 Å². The zero-order valence-electron chi connectivity index (χ0n) is 14.5. The van der Waals surface area contributed by atoms with E-state index in [0.717, 1.165) is 38.9 Å². The van der Waals surface area contributed by atoms with Gasteiger partial charge in [-0.1, -0.05) is 48.0 Å². The van der Waals surface area contributed by atoms with Crippen molar-refractivity contribution in [3.63, 3.8) is 0 Å². The summed E-state index contributed by atoms with van der Waals surface area (Å²) in [5.41, 5.74) is 3.91. The number of H-pyrrole nitrogens is 1. The maximum atomic E-state index is 12.4. The van der Waals surface area contributed by atoms with Gasteiger partial charge < -0.3 is 9.72 Å². The third kappa shape index (κ3) is 3.38. The lowest BCUT2D eigenvalue weighted by Crippen LogP contribution is -2.07. The molecule has 4 rings (SSSR count). The smallest absolute Gasteiger partial charge is 0.256 e. The lowest BCUT2D eigenvalue weighted by Gasteiger charge is -2.08. The van der Waals surface area contributed by atoms with Crippen LogP contribution in [-0.2, 0) is 6.61 Å². The predicted molar refractivity (Wildman–Crippen MR) is 106 cm³/mol. The van der Waals surface area contributed by atoms with Crippen LogP contribution in [0, 0.1) is 6.92 Å². The van der Waals surface area contributed by atoms with Gasteiger partial charge in [-0.25, -0.2) is 0 Å². The van der Waals surface area contributed by atoms with Gasteiger partial charge in [-0.15, -0.1) is 0 Å². The van der Waals surface area contributed by atoms with E-state index < -0.39 is 0 Å². The Morgan fingerprint density at radius 1 is 0.885 bits per heavy atom. The van der Waals surface area contributed by atoms with E-state index in [2.05, 4.69) is 4.98 Å². The summed E-state index contributed by atoms with van der Waals surface area (Å²) in [7, 11) is 0. The van der Waals surface area contributed by atoms with Crippen molar-refractivity contribution in [3.05, 3.63) is 100 Å². The van der Waals surface area contributed by atoms with Crippen LogP contribution in [0.15, 0.2) is 83.7 Å². The van der Waals surface area contributed by atoms with Crippen molar-refractivity contribution in [1.29, 1.82) is 0 Å². The number of benzene rings is 3. The Balaban J connectivity index is 1.58. The van der Waals surface area contributed by atoms with Crippen molar-refractivity contribution in [2.24, 2.45) is 0 Å². The third-order valence-electron chi connectivity index (χ3n) is 4.42. The van der Waals surface area contributed by atoms with Crippen LogP contribution in [0.1, 0.15) is 11.1 Å². The summed E-state index contributed by atoms with van der Waals surface area (Å²) in [6.45, 7) is 2.52. The largest absolute Gasteiger partial charge is 0.489 e. The standard InChI is InChI=1S/C23H19NO2/c1-16-7-8-19-14-22(24-23(25)21(19)13-16)18-9-11-20(12-10-18)26-15-17-5-3-2-4-6-17/h2-14H,15H2,1H3,(H,24,25). The van der Waals surface area contributed by atoms with Crippen LogP contribution >= 0.6 is 0 Å². The van der Waals surface area contributed by atoms with Crippen LogP contribution in [-0.4, -0.2) is 4.98 Å². The molecule has 0 spiro atoms. The molecule has 0 saturated carbocycles. The van der Waals surface area contributed by atoms with E-state index in [4.69, 9.17) is 4.74 Å². The van der Waals surface area contributed by atoms with Crippen molar-refractivity contribution in [1.82, 2.24) is 4.98 Å². The second-order valence-electron chi connectivity index (χ2n) is 6.40. The van der Waals surface area contributed by atoms with Gasteiger partial charge >= 0.3 is 0 Å². The fourth-order valence-electron chi connectivity index (χ4n) is 3.00. The highest BCUT2D eigenvalue weighted by atomic mass is 16.5. The van der Waals surface area contributed by atoms with E-state index in [-0.39, 0.29) is 5.56 Å². The van der Waals surface area contributed by atoms with E-state index in [1.54, 1.807) is 0 Å². The molecule has 4 aromatic rings. The molecule has 1 N–H and O–H groups in total. The van der Waals surface area contributed by atoms with Crippen LogP contribution in [0.3, 0.4) is 0 Å². The third-order valence-corrected chi connectivity index (χ3v) is 4.42. The number of hydrogen-bond donors (Lipinski definition) is 1. The Labute approximate surface area is 151 Å². The summed E-state index contributed by atoms with van der Waals surface area (Å²) >= 11 is 0. The fourth-order valence-corrected chi connectivity index (χ4v) is 3.00. The SMILES string of the molecule is Cc1ccc2cc(-c3ccc(OCc4ccccc4)cc3)[nH]c(=O)c2c1. The first-order chi connectivity index (χ1) is 12.7. The first kappa shape index (κ1) is 16.2. The summed E-state index contributed by atoms with van der Waals surface area (Å²) in [5.74, 6) is 0.802. The van der Waals surface area contributed by atoms with Crippen LogP contribution < -0.4 is 10.3 Å². The van der Waals surface area contributed by atoms with Crippen molar-refractivity contribution in [2.45, 2.75) is 13.5 Å². The molecule has 0 aliphatic carbocycles. The second-order valence-corrected chi connectivity index (χ2v) is 6.40. The normalized spacial score (nSPS) is 10.8. The lowest BCUT2D eigenvalue weighted by molar-refractivity contribution is 0.306. The Morgan fingerprint density at radius 3 is 2.42 bits per heavy atom. The maximum Gasteiger partial charge on any atom is 0.256 e. The summed E-state index contributed by atoms with van der Waals surface area (Å²) in [5, 5.41) is 1.66. The quantitative estimate of drug-likeness (QED) is 0.562. The monoisotopic (exact) mass is 341 g/mol. The number of ether oxygens (including phenoxy) is 1. The zero-order valence-corrected chi connectivity index (χ0v) is 14.5. The molecule has 1 heterocycles. The van der Waals surface area contributed by atoms with Gasteiger partial charge in [0.2, 0.25) is 0 Å². The molecule has 128 valence electrons. The minimum atomic E-state index is -0.0643. The summed E-state index contributed by atoms with van der Waals surface area (Å²) in [4.78, 5) is 15.3. The zero-order chi connectivity index (χ0) is 17.9. The molecule has 0 atom stereocenters. The average Bonchev–Trinajstić information content (AvgIpc) is 2.68. The molecule has 26 heavy (non-hydrogen) atoms. The molecular formula is C23H19NO2. The molecule has 1 aromatic heterocycles. The molecule has 0 aliphatic heterocycles. The van der Waals surface area contributed by atoms with Crippen LogP contribution in [0.4, 0.5) is 0 Å². The molecule has 0 unspecified atom stereocenters. The Bertz CT molecular complexity index is 1100. The summed E-state index contributed by atoms with van der Waals surface area (Å²) < 4.78 is 5.82. The van der Waals surface area contributed by atoms with Gasteiger partial charge in [-0.3, -0.25) is 4.79 Å². The average molecular weight is 341 g/mol. The van der Waals surface area contributed by atoms with Crippen molar-refractivity contribution in [3.8, 4) is 17.0 Å². The van der Waals surface area contributed by atoms with Crippen molar-refractivity contribution in [2.75, 3.05) is 0 Å². The Hall–Kier alpha value is -3.33. The van der Waals surface area contributed by atoms with Gasteiger partial charge in [-0.05, 0) is 59.8 Å². The van der Waals surface area contributed by atoms with Gasteiger partial charge in [0.1, 0.15) is 12.4 Å². The van der Waals surface area contributed by atoms with E-state index in [9.17, 15) is 4.79 Å². The van der Waals surface area contributed by atoms with E-state index in [1.165, 1.54) is 0 Å². The van der Waals surface area contributed by atoms with Crippen molar-refractivity contribution >= 4 is 10.8 Å². The first-order valence-electron chi connectivity index (χ1n) is 8.60. The molecule has 0 radical (unpaired) electrons. The Kier molecular flexibility index (Phi) is 4.28. The predicted octanol–water partition coefficient (Wildman–Crippen LogP) is 5.08. The van der Waals surface area contributed by atoms with Gasteiger partial charge in [0, 0.05) is 11.1 Å². The molecule has 3 nitrogen and oxygen atoms in total. The Morgan fingerprint density at radius 2 is 1.65 bits per heavy atom. The molecule has 3 heteroatoms. The van der Waals surface area contributed by atoms with Gasteiger partial charge in [-0.2, -0.15) is 0 Å². The molecule has 0 aliphatic rings. The van der Waals surface area contributed by atoms with Gasteiger partial charge in [0.25, 0.3) is 5.56 Å². The van der Waals surface area contributed by atoms with Gasteiger partial charge in [0.05, 0.1) is 0 Å². The van der Waals surface area contributed by atoms with Crippen molar-refractivity contribution < 1.29 is 4.74 Å². The number of aromatic amines is 1. The maximum absolute atomic E-state index is 12.4. The molecule has 0 saturated heterocycles. The number of aryl methyl sites for hydroxylation is 1. The number of aromatic nitrogens is 1. The topological polar surface area (TPSA) is 42.1 Å². The fraction of sp³-hybridized carbons (Fsp3) is 0.0870. The molecule has 3 aromatic carbocycles. The second kappa shape index (κ2) is 6.89. The van der Waals surface area contributed by atoms with E-state index in [0.29, 0.717) is 6.61 Å². The van der Waals surface area contributed by atoms with Crippen LogP contribution in [0.25, 0.3) is 22.0 Å². The van der Waals surface area contributed by atoms with E-state index >= 15 is 0 Å². The first-order valence-corrected chi connectivity index (χ1v) is 8.60. The number of fused-ring (bicyclic) bond motifs is 1. The summed E-state index contributed by atoms with van der Waals surface area (Å²) in [6, 6.07) is 25.8. The summed E-state index contributed by atoms with van der Waals surface area (Å²) in [6.07, 6.45) is 0. The van der Waals surface area contributed by atoms with E-state index in [1.807, 2.05) is 85.8 Å².